The summed E-state index contributed by atoms with van der Waals surface area (Å²) in [4.78, 5) is 45.0. The Labute approximate surface area is 186 Å². The maximum atomic E-state index is 13.1. The van der Waals surface area contributed by atoms with Crippen molar-refractivity contribution in [1.29, 1.82) is 0 Å². The van der Waals surface area contributed by atoms with Gasteiger partial charge in [-0.1, -0.05) is 18.2 Å². The number of piperidine rings is 1. The van der Waals surface area contributed by atoms with E-state index in [0.717, 1.165) is 29.3 Å². The fourth-order valence-corrected chi connectivity index (χ4v) is 5.15. The number of amides is 4. The van der Waals surface area contributed by atoms with Crippen LogP contribution in [0.15, 0.2) is 30.6 Å². The lowest BCUT2D eigenvalue weighted by molar-refractivity contribution is -0.120. The van der Waals surface area contributed by atoms with E-state index in [-0.39, 0.29) is 24.5 Å². The van der Waals surface area contributed by atoms with Crippen molar-refractivity contribution in [2.75, 3.05) is 24.5 Å². The minimum absolute atomic E-state index is 0.0730. The molecule has 6 rings (SSSR count). The fourth-order valence-electron chi connectivity index (χ4n) is 5.15. The number of benzene rings is 1. The predicted octanol–water partition coefficient (Wildman–Crippen LogP) is 2.49. The molecule has 9 nitrogen and oxygen atoms in total. The number of ether oxygens (including phenoxy) is 1. The summed E-state index contributed by atoms with van der Waals surface area (Å²) in [5.41, 5.74) is 0.509. The van der Waals surface area contributed by atoms with Gasteiger partial charge in [0.2, 0.25) is 5.91 Å². The number of hydrogen-bond acceptors (Lipinski definition) is 6. The monoisotopic (exact) mass is 437 g/mol. The van der Waals surface area contributed by atoms with Gasteiger partial charge in [0, 0.05) is 43.0 Å². The van der Waals surface area contributed by atoms with Crippen LogP contribution in [0.3, 0.4) is 0 Å². The molecule has 4 amide bonds. The normalized spacial score (nSPS) is 25.4. The highest BCUT2D eigenvalue weighted by Crippen LogP contribution is 2.50. The molecule has 0 aliphatic carbocycles. The standard InChI is InChI=1S/C23H27N5O4/c1-22(2,3)32-21(31)28-14-9-23(28,13-25-10-14)17-6-4-5-15-16(17)11-24-12-18(15)27-8-7-19(29)26-20(27)30/h4-6,11-12,14,25H,7-10,13H2,1-3H3,(H,26,29,30). The van der Waals surface area contributed by atoms with Gasteiger partial charge in [0.05, 0.1) is 23.5 Å². The molecule has 0 spiro atoms. The van der Waals surface area contributed by atoms with Crippen molar-refractivity contribution in [2.45, 2.75) is 50.8 Å². The molecule has 2 N–H and O–H groups in total. The average molecular weight is 438 g/mol. The van der Waals surface area contributed by atoms with E-state index in [9.17, 15) is 14.4 Å². The minimum Gasteiger partial charge on any atom is -0.444 e. The second kappa shape index (κ2) is 7.16. The number of fused-ring (bicyclic) bond motifs is 3. The molecule has 0 saturated carbocycles. The van der Waals surface area contributed by atoms with E-state index in [1.807, 2.05) is 43.9 Å². The van der Waals surface area contributed by atoms with Crippen LogP contribution in [0, 0.1) is 0 Å². The van der Waals surface area contributed by atoms with Gasteiger partial charge in [0.25, 0.3) is 0 Å². The molecular weight excluding hydrogens is 410 g/mol. The van der Waals surface area contributed by atoms with E-state index in [1.54, 1.807) is 17.3 Å². The zero-order valence-corrected chi connectivity index (χ0v) is 18.5. The molecule has 4 aliphatic heterocycles. The van der Waals surface area contributed by atoms with Gasteiger partial charge in [0.1, 0.15) is 5.60 Å². The number of urea groups is 1. The Balaban J connectivity index is 1.58. The Morgan fingerprint density at radius 1 is 1.22 bits per heavy atom. The van der Waals surface area contributed by atoms with Gasteiger partial charge in [0.15, 0.2) is 0 Å². The van der Waals surface area contributed by atoms with Crippen LogP contribution in [-0.4, -0.2) is 59.2 Å². The largest absolute Gasteiger partial charge is 0.444 e. The van der Waals surface area contributed by atoms with E-state index in [0.29, 0.717) is 18.8 Å². The molecular formula is C23H27N5O4. The lowest BCUT2D eigenvalue weighted by Crippen LogP contribution is -2.75. The third-order valence-corrected chi connectivity index (χ3v) is 6.42. The first kappa shape index (κ1) is 20.7. The first-order valence-electron chi connectivity index (χ1n) is 10.9. The van der Waals surface area contributed by atoms with Crippen LogP contribution in [0.25, 0.3) is 10.8 Å². The number of hydrogen-bond donors (Lipinski definition) is 2. The number of nitrogens with zero attached hydrogens (tertiary/aromatic N) is 3. The van der Waals surface area contributed by atoms with Gasteiger partial charge in [-0.3, -0.25) is 24.9 Å². The molecule has 2 atom stereocenters. The molecule has 2 bridgehead atoms. The van der Waals surface area contributed by atoms with Gasteiger partial charge in [-0.05, 0) is 32.8 Å². The van der Waals surface area contributed by atoms with Crippen LogP contribution in [0.4, 0.5) is 15.3 Å². The number of carbonyl (C=O) groups excluding carboxylic acids is 3. The average Bonchev–Trinajstić information content (AvgIpc) is 2.72. The van der Waals surface area contributed by atoms with E-state index >= 15 is 0 Å². The highest BCUT2D eigenvalue weighted by atomic mass is 16.6. The quantitative estimate of drug-likeness (QED) is 0.748. The lowest BCUT2D eigenvalue weighted by Gasteiger charge is -2.62. The summed E-state index contributed by atoms with van der Waals surface area (Å²) in [6.45, 7) is 7.26. The summed E-state index contributed by atoms with van der Waals surface area (Å²) < 4.78 is 5.73. The number of piperazine rings is 1. The second-order valence-corrected chi connectivity index (χ2v) is 9.69. The molecule has 0 radical (unpaired) electrons. The Morgan fingerprint density at radius 2 is 2.03 bits per heavy atom. The van der Waals surface area contributed by atoms with E-state index in [4.69, 9.17) is 4.74 Å². The Bertz CT molecular complexity index is 1120. The van der Waals surface area contributed by atoms with Gasteiger partial charge in [-0.25, -0.2) is 9.59 Å². The summed E-state index contributed by atoms with van der Waals surface area (Å²) in [7, 11) is 0. The number of imide groups is 1. The van der Waals surface area contributed by atoms with Crippen LogP contribution in [0.5, 0.6) is 0 Å². The summed E-state index contributed by atoms with van der Waals surface area (Å²) in [6, 6.07) is 5.54. The van der Waals surface area contributed by atoms with Gasteiger partial charge in [-0.15, -0.1) is 0 Å². The van der Waals surface area contributed by atoms with Crippen molar-refractivity contribution in [1.82, 2.24) is 20.5 Å². The van der Waals surface area contributed by atoms with Crippen molar-refractivity contribution in [2.24, 2.45) is 0 Å². The molecule has 5 heterocycles. The van der Waals surface area contributed by atoms with E-state index < -0.39 is 17.2 Å². The Morgan fingerprint density at radius 3 is 2.75 bits per heavy atom. The summed E-state index contributed by atoms with van der Waals surface area (Å²) in [5, 5.41) is 7.55. The maximum Gasteiger partial charge on any atom is 0.411 e. The molecule has 1 aromatic heterocycles. The fraction of sp³-hybridized carbons (Fsp3) is 0.478. The molecule has 32 heavy (non-hydrogen) atoms. The van der Waals surface area contributed by atoms with Crippen LogP contribution < -0.4 is 15.5 Å². The SMILES string of the molecule is CC(C)(C)OC(=O)N1C2CNCC1(c1cccc3c(N4CCC(=O)NC4=O)cncc13)C2. The first-order valence-corrected chi connectivity index (χ1v) is 10.9. The van der Waals surface area contributed by atoms with Crippen molar-refractivity contribution >= 4 is 34.5 Å². The van der Waals surface area contributed by atoms with Crippen LogP contribution >= 0.6 is 0 Å². The van der Waals surface area contributed by atoms with Crippen LogP contribution in [-0.2, 0) is 15.1 Å². The summed E-state index contributed by atoms with van der Waals surface area (Å²) in [5.74, 6) is -0.277. The third kappa shape index (κ3) is 3.19. The maximum absolute atomic E-state index is 13.1. The van der Waals surface area contributed by atoms with Gasteiger partial charge >= 0.3 is 12.1 Å². The Hall–Kier alpha value is -3.20. The number of rotatable bonds is 2. The zero-order chi connectivity index (χ0) is 22.7. The lowest BCUT2D eigenvalue weighted by atomic mass is 9.69. The molecule has 4 aliphatic rings. The van der Waals surface area contributed by atoms with Gasteiger partial charge < -0.3 is 10.1 Å². The molecule has 1 aromatic carbocycles. The topological polar surface area (TPSA) is 104 Å². The van der Waals surface area contributed by atoms with Crippen molar-refractivity contribution < 1.29 is 19.1 Å². The molecule has 168 valence electrons. The predicted molar refractivity (Wildman–Crippen MR) is 118 cm³/mol. The molecule has 4 fully saturated rings. The number of nitrogens with one attached hydrogen (secondary N) is 2. The van der Waals surface area contributed by atoms with Crippen molar-refractivity contribution in [3.05, 3.63) is 36.2 Å². The zero-order valence-electron chi connectivity index (χ0n) is 18.5. The van der Waals surface area contributed by atoms with Crippen LogP contribution in [0.2, 0.25) is 0 Å². The molecule has 9 heteroatoms. The molecule has 2 aromatic rings. The van der Waals surface area contributed by atoms with Crippen LogP contribution in [0.1, 0.15) is 39.2 Å². The molecule has 4 saturated heterocycles. The summed E-state index contributed by atoms with van der Waals surface area (Å²) >= 11 is 0. The van der Waals surface area contributed by atoms with E-state index in [2.05, 4.69) is 15.6 Å². The number of anilines is 1. The van der Waals surface area contributed by atoms with Crippen molar-refractivity contribution in [3.8, 4) is 0 Å². The highest BCUT2D eigenvalue weighted by molar-refractivity contribution is 6.10. The smallest absolute Gasteiger partial charge is 0.411 e. The number of aromatic nitrogens is 1. The number of carbonyl (C=O) groups is 3. The highest BCUT2D eigenvalue weighted by Gasteiger charge is 2.59. The number of pyridine rings is 1. The van der Waals surface area contributed by atoms with Crippen molar-refractivity contribution in [3.63, 3.8) is 0 Å². The van der Waals surface area contributed by atoms with E-state index in [1.165, 1.54) is 0 Å². The Kier molecular flexibility index (Phi) is 4.63. The molecule has 2 unspecified atom stereocenters. The third-order valence-electron chi connectivity index (χ3n) is 6.42. The summed E-state index contributed by atoms with van der Waals surface area (Å²) in [6.07, 6.45) is 4.19. The first-order chi connectivity index (χ1) is 15.2. The minimum atomic E-state index is -0.581. The van der Waals surface area contributed by atoms with Gasteiger partial charge in [-0.2, -0.15) is 0 Å². The second-order valence-electron chi connectivity index (χ2n) is 9.69.